The van der Waals surface area contributed by atoms with Crippen LogP contribution in [0.1, 0.15) is 17.4 Å². The van der Waals surface area contributed by atoms with Gasteiger partial charge in [0.25, 0.3) is 5.91 Å². The van der Waals surface area contributed by atoms with Crippen LogP contribution in [0.15, 0.2) is 47.5 Å². The lowest BCUT2D eigenvalue weighted by molar-refractivity contribution is -0.118. The first-order chi connectivity index (χ1) is 13.0. The predicted octanol–water partition coefficient (Wildman–Crippen LogP) is 2.53. The second-order valence-electron chi connectivity index (χ2n) is 6.25. The molecule has 0 saturated carbocycles. The largest absolute Gasteiger partial charge is 0.372 e. The standard InChI is InChI=1S/C19H20ClN3O4/c1-3-18(24)21-12(2)17-11-23(8-9-26-17)19(25)15-10-16(27-22-15)13-4-6-14(20)7-5-13/h3-7,10,12,17H,1,8-9,11H2,2H3,(H,21,24). The Bertz CT molecular complexity index is 834. The van der Waals surface area contributed by atoms with Crippen molar-refractivity contribution >= 4 is 23.4 Å². The highest BCUT2D eigenvalue weighted by molar-refractivity contribution is 6.30. The van der Waals surface area contributed by atoms with Gasteiger partial charge < -0.3 is 19.5 Å². The molecule has 142 valence electrons. The lowest BCUT2D eigenvalue weighted by atomic mass is 10.1. The highest BCUT2D eigenvalue weighted by Gasteiger charge is 2.30. The van der Waals surface area contributed by atoms with Gasteiger partial charge in [0.05, 0.1) is 18.8 Å². The molecule has 1 aromatic heterocycles. The third kappa shape index (κ3) is 4.56. The van der Waals surface area contributed by atoms with E-state index < -0.39 is 0 Å². The molecule has 2 unspecified atom stereocenters. The van der Waals surface area contributed by atoms with Crippen molar-refractivity contribution in [2.75, 3.05) is 19.7 Å². The molecule has 2 atom stereocenters. The van der Waals surface area contributed by atoms with Crippen LogP contribution in [0.4, 0.5) is 0 Å². The van der Waals surface area contributed by atoms with Crippen LogP contribution in [0.2, 0.25) is 5.02 Å². The summed E-state index contributed by atoms with van der Waals surface area (Å²) in [6, 6.07) is 8.43. The van der Waals surface area contributed by atoms with Crippen molar-refractivity contribution in [1.29, 1.82) is 0 Å². The van der Waals surface area contributed by atoms with Crippen LogP contribution >= 0.6 is 11.6 Å². The zero-order valence-corrected chi connectivity index (χ0v) is 15.6. The van der Waals surface area contributed by atoms with E-state index in [9.17, 15) is 9.59 Å². The van der Waals surface area contributed by atoms with E-state index in [-0.39, 0.29) is 29.7 Å². The van der Waals surface area contributed by atoms with Gasteiger partial charge in [0.1, 0.15) is 0 Å². The number of nitrogens with one attached hydrogen (secondary N) is 1. The average molecular weight is 390 g/mol. The number of aromatic nitrogens is 1. The molecule has 1 fully saturated rings. The molecule has 0 radical (unpaired) electrons. The molecule has 3 rings (SSSR count). The molecule has 2 heterocycles. The van der Waals surface area contributed by atoms with Gasteiger partial charge in [0, 0.05) is 29.7 Å². The second kappa shape index (κ2) is 8.37. The minimum Gasteiger partial charge on any atom is -0.372 e. The molecular weight excluding hydrogens is 370 g/mol. The number of hydrogen-bond acceptors (Lipinski definition) is 5. The van der Waals surface area contributed by atoms with Crippen LogP contribution in [0.25, 0.3) is 11.3 Å². The van der Waals surface area contributed by atoms with Crippen molar-refractivity contribution in [2.45, 2.75) is 19.1 Å². The van der Waals surface area contributed by atoms with Gasteiger partial charge in [-0.05, 0) is 37.3 Å². The van der Waals surface area contributed by atoms with Gasteiger partial charge >= 0.3 is 0 Å². The number of nitrogens with zero attached hydrogens (tertiary/aromatic N) is 2. The highest BCUT2D eigenvalue weighted by Crippen LogP contribution is 2.23. The van der Waals surface area contributed by atoms with E-state index in [1.807, 2.05) is 6.92 Å². The zero-order chi connectivity index (χ0) is 19.4. The average Bonchev–Trinajstić information content (AvgIpc) is 3.18. The Balaban J connectivity index is 1.67. The summed E-state index contributed by atoms with van der Waals surface area (Å²) in [5.74, 6) is -0.0281. The molecule has 1 aliphatic heterocycles. The fourth-order valence-electron chi connectivity index (χ4n) is 2.83. The molecule has 2 amide bonds. The van der Waals surface area contributed by atoms with E-state index in [4.69, 9.17) is 20.9 Å². The summed E-state index contributed by atoms with van der Waals surface area (Å²) in [5.41, 5.74) is 1.01. The Hall–Kier alpha value is -2.64. The maximum absolute atomic E-state index is 12.8. The first-order valence-corrected chi connectivity index (χ1v) is 8.92. The minimum absolute atomic E-state index is 0.225. The van der Waals surface area contributed by atoms with Gasteiger partial charge in [0.15, 0.2) is 11.5 Å². The maximum Gasteiger partial charge on any atom is 0.276 e. The van der Waals surface area contributed by atoms with Crippen molar-refractivity contribution in [1.82, 2.24) is 15.4 Å². The summed E-state index contributed by atoms with van der Waals surface area (Å²) in [6.45, 7) is 6.43. The molecule has 7 nitrogen and oxygen atoms in total. The van der Waals surface area contributed by atoms with Crippen LogP contribution in [-0.2, 0) is 9.53 Å². The van der Waals surface area contributed by atoms with Crippen molar-refractivity contribution in [3.63, 3.8) is 0 Å². The summed E-state index contributed by atoms with van der Waals surface area (Å²) < 4.78 is 11.0. The van der Waals surface area contributed by atoms with Crippen molar-refractivity contribution < 1.29 is 18.8 Å². The number of benzene rings is 1. The Morgan fingerprint density at radius 1 is 1.41 bits per heavy atom. The maximum atomic E-state index is 12.8. The lowest BCUT2D eigenvalue weighted by Crippen LogP contribution is -2.53. The number of carbonyl (C=O) groups is 2. The molecule has 1 aromatic carbocycles. The number of hydrogen-bond donors (Lipinski definition) is 1. The highest BCUT2D eigenvalue weighted by atomic mass is 35.5. The van der Waals surface area contributed by atoms with Gasteiger partial charge in [-0.3, -0.25) is 9.59 Å². The third-order valence-electron chi connectivity index (χ3n) is 4.35. The van der Waals surface area contributed by atoms with Crippen molar-refractivity contribution in [3.05, 3.63) is 53.7 Å². The first-order valence-electron chi connectivity index (χ1n) is 8.54. The van der Waals surface area contributed by atoms with E-state index in [0.29, 0.717) is 30.5 Å². The van der Waals surface area contributed by atoms with Gasteiger partial charge in [-0.15, -0.1) is 0 Å². The van der Waals surface area contributed by atoms with E-state index >= 15 is 0 Å². The summed E-state index contributed by atoms with van der Waals surface area (Å²) in [5, 5.41) is 7.28. The van der Waals surface area contributed by atoms with Crippen molar-refractivity contribution in [2.24, 2.45) is 0 Å². The Morgan fingerprint density at radius 2 is 2.15 bits per heavy atom. The van der Waals surface area contributed by atoms with Gasteiger partial charge in [-0.25, -0.2) is 0 Å². The molecule has 0 spiro atoms. The summed E-state index contributed by atoms with van der Waals surface area (Å²) in [4.78, 5) is 25.9. The second-order valence-corrected chi connectivity index (χ2v) is 6.68. The summed E-state index contributed by atoms with van der Waals surface area (Å²) in [6.07, 6.45) is 0.893. The van der Waals surface area contributed by atoms with E-state index in [1.54, 1.807) is 35.2 Å². The predicted molar refractivity (Wildman–Crippen MR) is 100 cm³/mol. The fourth-order valence-corrected chi connectivity index (χ4v) is 2.95. The Labute approximate surface area is 161 Å². The Kier molecular flexibility index (Phi) is 5.93. The number of halogens is 1. The fraction of sp³-hybridized carbons (Fsp3) is 0.316. The van der Waals surface area contributed by atoms with Crippen LogP contribution in [-0.4, -0.2) is 53.7 Å². The molecular formula is C19H20ClN3O4. The van der Waals surface area contributed by atoms with Crippen LogP contribution in [0, 0.1) is 0 Å². The first kappa shape index (κ1) is 19.1. The van der Waals surface area contributed by atoms with Gasteiger partial charge in [-0.1, -0.05) is 23.3 Å². The molecule has 27 heavy (non-hydrogen) atoms. The molecule has 0 aliphatic carbocycles. The van der Waals surface area contributed by atoms with E-state index in [1.165, 1.54) is 6.08 Å². The van der Waals surface area contributed by atoms with Crippen LogP contribution < -0.4 is 5.32 Å². The number of morpholine rings is 1. The van der Waals surface area contributed by atoms with E-state index in [0.717, 1.165) is 5.56 Å². The number of carbonyl (C=O) groups excluding carboxylic acids is 2. The molecule has 8 heteroatoms. The number of ether oxygens (including phenoxy) is 1. The Morgan fingerprint density at radius 3 is 2.85 bits per heavy atom. The molecule has 1 N–H and O–H groups in total. The monoisotopic (exact) mass is 389 g/mol. The normalized spacial score (nSPS) is 18.0. The molecule has 1 saturated heterocycles. The SMILES string of the molecule is C=CC(=O)NC(C)C1CN(C(=O)c2cc(-c3ccc(Cl)cc3)on2)CCO1. The topological polar surface area (TPSA) is 84.7 Å². The number of amides is 2. The van der Waals surface area contributed by atoms with Crippen LogP contribution in [0.3, 0.4) is 0 Å². The van der Waals surface area contributed by atoms with Crippen molar-refractivity contribution in [3.8, 4) is 11.3 Å². The van der Waals surface area contributed by atoms with Gasteiger partial charge in [-0.2, -0.15) is 0 Å². The molecule has 0 bridgehead atoms. The summed E-state index contributed by atoms with van der Waals surface area (Å²) >= 11 is 5.89. The number of rotatable bonds is 5. The quantitative estimate of drug-likeness (QED) is 0.794. The van der Waals surface area contributed by atoms with Gasteiger partial charge in [0.2, 0.25) is 5.91 Å². The smallest absolute Gasteiger partial charge is 0.276 e. The third-order valence-corrected chi connectivity index (χ3v) is 4.60. The summed E-state index contributed by atoms with van der Waals surface area (Å²) in [7, 11) is 0. The minimum atomic E-state index is -0.311. The lowest BCUT2D eigenvalue weighted by Gasteiger charge is -2.35. The zero-order valence-electron chi connectivity index (χ0n) is 14.9. The molecule has 2 aromatic rings. The molecule has 1 aliphatic rings. The van der Waals surface area contributed by atoms with Crippen LogP contribution in [0.5, 0.6) is 0 Å². The van der Waals surface area contributed by atoms with E-state index in [2.05, 4.69) is 17.1 Å².